The third kappa shape index (κ3) is 4.06. The molecule has 1 aromatic rings. The first-order valence-electron chi connectivity index (χ1n) is 6.94. The fraction of sp³-hybridized carbons (Fsp3) is 0.533. The minimum absolute atomic E-state index is 0.228. The van der Waals surface area contributed by atoms with Crippen molar-refractivity contribution in [1.29, 1.82) is 5.26 Å². The van der Waals surface area contributed by atoms with E-state index in [-0.39, 0.29) is 12.5 Å². The van der Waals surface area contributed by atoms with E-state index in [4.69, 9.17) is 5.26 Å². The van der Waals surface area contributed by atoms with Gasteiger partial charge in [-0.2, -0.15) is 9.57 Å². The molecule has 0 spiro atoms. The van der Waals surface area contributed by atoms with Crippen LogP contribution in [0.5, 0.6) is 0 Å². The molecule has 1 atom stereocenters. The summed E-state index contributed by atoms with van der Waals surface area (Å²) in [5.41, 5.74) is 1.14. The number of aryl methyl sites for hydroxylation is 1. The van der Waals surface area contributed by atoms with E-state index in [1.165, 1.54) is 4.31 Å². The molecular weight excluding hydrogens is 272 g/mol. The number of hydrogen-bond acceptors (Lipinski definition) is 3. The largest absolute Gasteiger partial charge is 0.243 e. The van der Waals surface area contributed by atoms with Gasteiger partial charge in [0.2, 0.25) is 10.0 Å². The number of rotatable bonds is 7. The van der Waals surface area contributed by atoms with Crippen LogP contribution in [0.2, 0.25) is 0 Å². The van der Waals surface area contributed by atoms with Gasteiger partial charge in [-0.1, -0.05) is 32.4 Å². The zero-order chi connectivity index (χ0) is 15.2. The SMILES string of the molecule is CCCc1ccc(S(=O)(=O)N(CC)CC(C)C#N)cc1. The molecule has 5 heteroatoms. The normalized spacial score (nSPS) is 13.2. The molecule has 110 valence electrons. The fourth-order valence-corrected chi connectivity index (χ4v) is 3.55. The van der Waals surface area contributed by atoms with Gasteiger partial charge in [0.15, 0.2) is 0 Å². The highest BCUT2D eigenvalue weighted by Gasteiger charge is 2.24. The van der Waals surface area contributed by atoms with Crippen LogP contribution in [-0.4, -0.2) is 25.8 Å². The van der Waals surface area contributed by atoms with Gasteiger partial charge in [0, 0.05) is 13.1 Å². The molecular formula is C15H22N2O2S. The van der Waals surface area contributed by atoms with Gasteiger partial charge in [-0.05, 0) is 31.0 Å². The van der Waals surface area contributed by atoms with Gasteiger partial charge in [0.1, 0.15) is 0 Å². The quantitative estimate of drug-likeness (QED) is 0.777. The Bertz CT molecular complexity index is 559. The van der Waals surface area contributed by atoms with Gasteiger partial charge in [0.05, 0.1) is 16.9 Å². The third-order valence-electron chi connectivity index (χ3n) is 3.15. The monoisotopic (exact) mass is 294 g/mol. The van der Waals surface area contributed by atoms with Crippen LogP contribution in [0.15, 0.2) is 29.2 Å². The van der Waals surface area contributed by atoms with Crippen LogP contribution in [-0.2, 0) is 16.4 Å². The van der Waals surface area contributed by atoms with Gasteiger partial charge in [0.25, 0.3) is 0 Å². The molecule has 0 aliphatic carbocycles. The summed E-state index contributed by atoms with van der Waals surface area (Å²) < 4.78 is 26.4. The number of sulfonamides is 1. The highest BCUT2D eigenvalue weighted by atomic mass is 32.2. The Hall–Kier alpha value is -1.38. The van der Waals surface area contributed by atoms with Crippen molar-refractivity contribution < 1.29 is 8.42 Å². The Morgan fingerprint density at radius 1 is 1.25 bits per heavy atom. The lowest BCUT2D eigenvalue weighted by atomic mass is 10.1. The number of hydrogen-bond donors (Lipinski definition) is 0. The molecule has 0 bridgehead atoms. The Labute approximate surface area is 122 Å². The molecule has 0 aliphatic heterocycles. The van der Waals surface area contributed by atoms with Crippen LogP contribution in [0, 0.1) is 17.2 Å². The average Bonchev–Trinajstić information content (AvgIpc) is 2.45. The second kappa shape index (κ2) is 7.41. The molecule has 0 N–H and O–H groups in total. The van der Waals surface area contributed by atoms with Crippen molar-refractivity contribution >= 4 is 10.0 Å². The lowest BCUT2D eigenvalue weighted by Gasteiger charge is -2.21. The van der Waals surface area contributed by atoms with Gasteiger partial charge < -0.3 is 0 Å². The van der Waals surface area contributed by atoms with Crippen molar-refractivity contribution in [2.24, 2.45) is 5.92 Å². The maximum atomic E-state index is 12.5. The van der Waals surface area contributed by atoms with Crippen molar-refractivity contribution in [3.8, 4) is 6.07 Å². The first kappa shape index (κ1) is 16.7. The minimum Gasteiger partial charge on any atom is -0.207 e. The van der Waals surface area contributed by atoms with E-state index < -0.39 is 10.0 Å². The minimum atomic E-state index is -3.51. The van der Waals surface area contributed by atoms with Crippen LogP contribution in [0.3, 0.4) is 0 Å². The highest BCUT2D eigenvalue weighted by Crippen LogP contribution is 2.18. The summed E-state index contributed by atoms with van der Waals surface area (Å²) in [6, 6.07) is 9.10. The smallest absolute Gasteiger partial charge is 0.207 e. The van der Waals surface area contributed by atoms with E-state index >= 15 is 0 Å². The molecule has 1 rings (SSSR count). The number of nitrogens with zero attached hydrogens (tertiary/aromatic N) is 2. The predicted molar refractivity (Wildman–Crippen MR) is 79.6 cm³/mol. The summed E-state index contributed by atoms with van der Waals surface area (Å²) in [5, 5.41) is 8.84. The number of nitriles is 1. The topological polar surface area (TPSA) is 61.2 Å². The van der Waals surface area contributed by atoms with Crippen molar-refractivity contribution in [2.45, 2.75) is 38.5 Å². The second-order valence-corrected chi connectivity index (χ2v) is 6.82. The fourth-order valence-electron chi connectivity index (χ4n) is 2.01. The zero-order valence-corrected chi connectivity index (χ0v) is 13.2. The maximum Gasteiger partial charge on any atom is 0.243 e. The van der Waals surface area contributed by atoms with Crippen LogP contribution >= 0.6 is 0 Å². The molecule has 0 saturated heterocycles. The molecule has 0 aliphatic rings. The molecule has 0 radical (unpaired) electrons. The molecule has 0 heterocycles. The molecule has 20 heavy (non-hydrogen) atoms. The summed E-state index contributed by atoms with van der Waals surface area (Å²) in [6.45, 7) is 6.19. The standard InChI is InChI=1S/C15H22N2O2S/c1-4-6-14-7-9-15(10-8-14)20(18,19)17(5-2)12-13(3)11-16/h7-10,13H,4-6,12H2,1-3H3. The van der Waals surface area contributed by atoms with Crippen molar-refractivity contribution in [2.75, 3.05) is 13.1 Å². The van der Waals surface area contributed by atoms with E-state index in [9.17, 15) is 8.42 Å². The highest BCUT2D eigenvalue weighted by molar-refractivity contribution is 7.89. The summed E-state index contributed by atoms with van der Waals surface area (Å²) in [4.78, 5) is 0.296. The molecule has 1 unspecified atom stereocenters. The van der Waals surface area contributed by atoms with Gasteiger partial charge in [-0.3, -0.25) is 0 Å². The second-order valence-electron chi connectivity index (χ2n) is 4.88. The summed E-state index contributed by atoms with van der Waals surface area (Å²) in [5.74, 6) is -0.316. The molecule has 0 aromatic heterocycles. The van der Waals surface area contributed by atoms with Crippen molar-refractivity contribution in [3.63, 3.8) is 0 Å². The van der Waals surface area contributed by atoms with E-state index in [1.54, 1.807) is 26.0 Å². The number of benzene rings is 1. The summed E-state index contributed by atoms with van der Waals surface area (Å²) in [6.07, 6.45) is 1.98. The first-order valence-corrected chi connectivity index (χ1v) is 8.38. The Morgan fingerprint density at radius 2 is 1.85 bits per heavy atom. The molecule has 4 nitrogen and oxygen atoms in total. The summed E-state index contributed by atoms with van der Waals surface area (Å²) >= 11 is 0. The van der Waals surface area contributed by atoms with Gasteiger partial charge in [-0.25, -0.2) is 8.42 Å². The maximum absolute atomic E-state index is 12.5. The summed E-state index contributed by atoms with van der Waals surface area (Å²) in [7, 11) is -3.51. The third-order valence-corrected chi connectivity index (χ3v) is 5.11. The average molecular weight is 294 g/mol. The van der Waals surface area contributed by atoms with Crippen LogP contribution < -0.4 is 0 Å². The van der Waals surface area contributed by atoms with E-state index in [0.717, 1.165) is 18.4 Å². The molecule has 1 aromatic carbocycles. The van der Waals surface area contributed by atoms with Crippen molar-refractivity contribution in [3.05, 3.63) is 29.8 Å². The van der Waals surface area contributed by atoms with Gasteiger partial charge in [-0.15, -0.1) is 0 Å². The van der Waals surface area contributed by atoms with Crippen LogP contribution in [0.25, 0.3) is 0 Å². The van der Waals surface area contributed by atoms with Gasteiger partial charge >= 0.3 is 0 Å². The first-order chi connectivity index (χ1) is 9.45. The predicted octanol–water partition coefficient (Wildman–Crippen LogP) is 2.81. The van der Waals surface area contributed by atoms with Crippen LogP contribution in [0.4, 0.5) is 0 Å². The Morgan fingerprint density at radius 3 is 2.30 bits per heavy atom. The van der Waals surface area contributed by atoms with E-state index in [2.05, 4.69) is 13.0 Å². The molecule has 0 amide bonds. The van der Waals surface area contributed by atoms with E-state index in [1.807, 2.05) is 12.1 Å². The lowest BCUT2D eigenvalue weighted by molar-refractivity contribution is 0.400. The van der Waals surface area contributed by atoms with E-state index in [0.29, 0.717) is 11.4 Å². The lowest BCUT2D eigenvalue weighted by Crippen LogP contribution is -2.34. The molecule has 0 saturated carbocycles. The van der Waals surface area contributed by atoms with Crippen molar-refractivity contribution in [1.82, 2.24) is 4.31 Å². The van der Waals surface area contributed by atoms with Crippen LogP contribution in [0.1, 0.15) is 32.8 Å². The Balaban J connectivity index is 2.99. The zero-order valence-electron chi connectivity index (χ0n) is 12.3. The Kier molecular flexibility index (Phi) is 6.18. The molecule has 0 fully saturated rings.